The average Bonchev–Trinajstić information content (AvgIpc) is 3.57. The summed E-state index contributed by atoms with van der Waals surface area (Å²) >= 11 is 0. The van der Waals surface area contributed by atoms with Crippen LogP contribution in [0.25, 0.3) is 11.3 Å². The van der Waals surface area contributed by atoms with Crippen molar-refractivity contribution in [1.29, 1.82) is 0 Å². The minimum Gasteiger partial charge on any atom is -0.455 e. The first-order valence-corrected chi connectivity index (χ1v) is 11.1. The Bertz CT molecular complexity index is 1190. The number of benzene rings is 1. The van der Waals surface area contributed by atoms with E-state index in [9.17, 15) is 10.1 Å². The van der Waals surface area contributed by atoms with Gasteiger partial charge in [-0.05, 0) is 31.0 Å². The third kappa shape index (κ3) is 4.81. The van der Waals surface area contributed by atoms with E-state index in [1.54, 1.807) is 30.3 Å². The summed E-state index contributed by atoms with van der Waals surface area (Å²) in [5.41, 5.74) is 3.26. The fourth-order valence-electron chi connectivity index (χ4n) is 3.93. The molecule has 2 fully saturated rings. The Kier molecular flexibility index (Phi) is 6.29. The molecule has 34 heavy (non-hydrogen) atoms. The molecule has 3 aromatic rings. The van der Waals surface area contributed by atoms with Crippen LogP contribution in [0.5, 0.6) is 0 Å². The summed E-state index contributed by atoms with van der Waals surface area (Å²) < 4.78 is 11.2. The van der Waals surface area contributed by atoms with E-state index in [4.69, 9.17) is 9.15 Å². The molecule has 0 radical (unpaired) electrons. The van der Waals surface area contributed by atoms with Crippen LogP contribution in [0.4, 0.5) is 23.5 Å². The van der Waals surface area contributed by atoms with Crippen molar-refractivity contribution in [3.05, 3.63) is 52.3 Å². The molecular formula is C22H24N8O4. The average molecular weight is 464 g/mol. The molecule has 2 saturated heterocycles. The minimum absolute atomic E-state index is 0.0197. The number of para-hydroxylation sites is 1. The number of anilines is 3. The van der Waals surface area contributed by atoms with Crippen molar-refractivity contribution in [3.63, 3.8) is 0 Å². The topological polar surface area (TPSA) is 135 Å². The Balaban J connectivity index is 1.34. The van der Waals surface area contributed by atoms with Gasteiger partial charge < -0.3 is 19.0 Å². The van der Waals surface area contributed by atoms with Gasteiger partial charge in [0.2, 0.25) is 17.8 Å². The second-order valence-corrected chi connectivity index (χ2v) is 7.90. The highest BCUT2D eigenvalue weighted by molar-refractivity contribution is 5.79. The molecule has 0 amide bonds. The molecule has 0 unspecified atom stereocenters. The zero-order chi connectivity index (χ0) is 23.3. The van der Waals surface area contributed by atoms with Crippen molar-refractivity contribution < 1.29 is 14.1 Å². The van der Waals surface area contributed by atoms with Crippen molar-refractivity contribution in [2.24, 2.45) is 5.10 Å². The molecule has 12 heteroatoms. The zero-order valence-corrected chi connectivity index (χ0v) is 18.5. The third-order valence-electron chi connectivity index (χ3n) is 5.64. The fourth-order valence-corrected chi connectivity index (χ4v) is 3.93. The molecule has 176 valence electrons. The summed E-state index contributed by atoms with van der Waals surface area (Å²) in [5, 5.41) is 15.5. The van der Waals surface area contributed by atoms with E-state index in [-0.39, 0.29) is 5.69 Å². The van der Waals surface area contributed by atoms with Crippen LogP contribution >= 0.6 is 0 Å². The van der Waals surface area contributed by atoms with E-state index in [0.717, 1.165) is 25.9 Å². The highest BCUT2D eigenvalue weighted by Crippen LogP contribution is 2.30. The number of hydrazone groups is 1. The lowest BCUT2D eigenvalue weighted by Gasteiger charge is -2.27. The number of morpholine rings is 1. The number of aromatic nitrogens is 3. The van der Waals surface area contributed by atoms with Gasteiger partial charge >= 0.3 is 0 Å². The fraction of sp³-hybridized carbons (Fsp3) is 0.364. The van der Waals surface area contributed by atoms with Crippen molar-refractivity contribution in [1.82, 2.24) is 15.0 Å². The highest BCUT2D eigenvalue weighted by Gasteiger charge is 2.21. The quantitative estimate of drug-likeness (QED) is 0.316. The first-order valence-electron chi connectivity index (χ1n) is 11.1. The molecule has 1 aromatic carbocycles. The summed E-state index contributed by atoms with van der Waals surface area (Å²) in [6.07, 6.45) is 3.70. The molecule has 0 bridgehead atoms. The van der Waals surface area contributed by atoms with Gasteiger partial charge in [0, 0.05) is 32.2 Å². The van der Waals surface area contributed by atoms with Gasteiger partial charge in [0.1, 0.15) is 11.5 Å². The van der Waals surface area contributed by atoms with Crippen LogP contribution in [0.1, 0.15) is 18.6 Å². The molecule has 0 saturated carbocycles. The zero-order valence-electron chi connectivity index (χ0n) is 18.5. The maximum absolute atomic E-state index is 11.3. The highest BCUT2D eigenvalue weighted by atomic mass is 16.6. The minimum atomic E-state index is -0.433. The van der Waals surface area contributed by atoms with Crippen LogP contribution < -0.4 is 15.2 Å². The van der Waals surface area contributed by atoms with Crippen molar-refractivity contribution >= 4 is 29.7 Å². The van der Waals surface area contributed by atoms with Gasteiger partial charge in [-0.1, -0.05) is 12.1 Å². The van der Waals surface area contributed by atoms with Crippen LogP contribution in [0.2, 0.25) is 0 Å². The number of hydrogen-bond donors (Lipinski definition) is 1. The number of nitro benzene ring substituents is 1. The number of nitrogens with one attached hydrogen (secondary N) is 1. The molecule has 1 N–H and O–H groups in total. The van der Waals surface area contributed by atoms with Crippen LogP contribution in [0, 0.1) is 10.1 Å². The van der Waals surface area contributed by atoms with Crippen LogP contribution in [-0.2, 0) is 4.74 Å². The van der Waals surface area contributed by atoms with Gasteiger partial charge in [0.05, 0.1) is 29.9 Å². The first-order chi connectivity index (χ1) is 16.7. The molecule has 0 spiro atoms. The van der Waals surface area contributed by atoms with Crippen LogP contribution in [0.15, 0.2) is 45.9 Å². The molecule has 12 nitrogen and oxygen atoms in total. The maximum atomic E-state index is 11.3. The molecule has 2 aliphatic rings. The molecule has 2 aromatic heterocycles. The predicted octanol–water partition coefficient (Wildman–Crippen LogP) is 2.92. The van der Waals surface area contributed by atoms with E-state index in [0.29, 0.717) is 61.2 Å². The Morgan fingerprint density at radius 3 is 2.41 bits per heavy atom. The first kappa shape index (κ1) is 21.8. The van der Waals surface area contributed by atoms with E-state index >= 15 is 0 Å². The second kappa shape index (κ2) is 9.83. The second-order valence-electron chi connectivity index (χ2n) is 7.90. The Morgan fingerprint density at radius 2 is 1.68 bits per heavy atom. The van der Waals surface area contributed by atoms with Crippen molar-refractivity contribution in [2.75, 3.05) is 54.6 Å². The number of hydrogen-bond acceptors (Lipinski definition) is 11. The summed E-state index contributed by atoms with van der Waals surface area (Å²) in [4.78, 5) is 28.8. The standard InChI is InChI=1S/C22H24N8O4/c31-30(32)18-6-2-1-5-17(18)19-8-7-16(34-19)15-23-27-20-24-21(28-9-3-4-10-28)26-22(25-20)29-11-13-33-14-12-29/h1-2,5-8,15H,3-4,9-14H2,(H,24,25,26,27). The van der Waals surface area contributed by atoms with Gasteiger partial charge in [-0.25, -0.2) is 5.43 Å². The lowest BCUT2D eigenvalue weighted by molar-refractivity contribution is -0.384. The Morgan fingerprint density at radius 1 is 0.971 bits per heavy atom. The van der Waals surface area contributed by atoms with Gasteiger partial charge in [-0.3, -0.25) is 10.1 Å². The van der Waals surface area contributed by atoms with Crippen LogP contribution in [0.3, 0.4) is 0 Å². The van der Waals surface area contributed by atoms with Gasteiger partial charge in [0.15, 0.2) is 0 Å². The van der Waals surface area contributed by atoms with Gasteiger partial charge in [-0.15, -0.1) is 0 Å². The van der Waals surface area contributed by atoms with E-state index < -0.39 is 4.92 Å². The van der Waals surface area contributed by atoms with Gasteiger partial charge in [-0.2, -0.15) is 20.1 Å². The summed E-state index contributed by atoms with van der Waals surface area (Å²) in [7, 11) is 0. The Hall–Kier alpha value is -4.06. The van der Waals surface area contributed by atoms with E-state index in [1.165, 1.54) is 12.3 Å². The number of rotatable bonds is 7. The largest absolute Gasteiger partial charge is 0.455 e. The van der Waals surface area contributed by atoms with E-state index in [2.05, 4.69) is 35.3 Å². The molecule has 5 rings (SSSR count). The molecule has 0 aliphatic carbocycles. The van der Waals surface area contributed by atoms with Crippen molar-refractivity contribution in [2.45, 2.75) is 12.8 Å². The summed E-state index contributed by atoms with van der Waals surface area (Å²) in [5.74, 6) is 2.38. The predicted molar refractivity (Wildman–Crippen MR) is 126 cm³/mol. The van der Waals surface area contributed by atoms with Crippen LogP contribution in [-0.4, -0.2) is 65.5 Å². The number of furan rings is 1. The van der Waals surface area contributed by atoms with Crippen molar-refractivity contribution in [3.8, 4) is 11.3 Å². The molecule has 0 atom stereocenters. The smallest absolute Gasteiger partial charge is 0.280 e. The normalized spacial score (nSPS) is 16.4. The Labute approximate surface area is 195 Å². The third-order valence-corrected chi connectivity index (χ3v) is 5.64. The SMILES string of the molecule is O=[N+]([O-])c1ccccc1-c1ccc(C=NNc2nc(N3CCCC3)nc(N3CCOCC3)n2)o1. The van der Waals surface area contributed by atoms with Gasteiger partial charge in [0.25, 0.3) is 5.69 Å². The summed E-state index contributed by atoms with van der Waals surface area (Å²) in [6.45, 7) is 4.52. The molecule has 2 aliphatic heterocycles. The lowest BCUT2D eigenvalue weighted by Crippen LogP contribution is -2.38. The number of ether oxygens (including phenoxy) is 1. The molecule has 4 heterocycles. The summed E-state index contributed by atoms with van der Waals surface area (Å²) in [6, 6.07) is 9.80. The maximum Gasteiger partial charge on any atom is 0.280 e. The number of nitrogens with zero attached hydrogens (tertiary/aromatic N) is 7. The molecular weight excluding hydrogens is 440 g/mol. The lowest BCUT2D eigenvalue weighted by atomic mass is 10.1. The monoisotopic (exact) mass is 464 g/mol. The van der Waals surface area contributed by atoms with E-state index in [1.807, 2.05) is 0 Å². The number of nitro groups is 1.